The van der Waals surface area contributed by atoms with Crippen molar-refractivity contribution in [2.45, 2.75) is 26.2 Å². The van der Waals surface area contributed by atoms with Crippen molar-refractivity contribution in [3.8, 4) is 0 Å². The normalized spacial score (nSPS) is 19.3. The molecule has 0 amide bonds. The number of esters is 1. The van der Waals surface area contributed by atoms with Crippen LogP contribution in [0.5, 0.6) is 0 Å². The Hall–Kier alpha value is -0.790. The van der Waals surface area contributed by atoms with E-state index in [-0.39, 0.29) is 5.97 Å². The second kappa shape index (κ2) is 3.56. The molecular weight excluding hydrogens is 140 g/mol. The van der Waals surface area contributed by atoms with Gasteiger partial charge in [0, 0.05) is 5.57 Å². The summed E-state index contributed by atoms with van der Waals surface area (Å²) < 4.78 is 4.65. The minimum Gasteiger partial charge on any atom is -0.466 e. The summed E-state index contributed by atoms with van der Waals surface area (Å²) in [5.41, 5.74) is 0.860. The summed E-state index contributed by atoms with van der Waals surface area (Å²) in [6.45, 7) is 1.89. The van der Waals surface area contributed by atoms with E-state index in [1.807, 2.05) is 13.0 Å². The van der Waals surface area contributed by atoms with Crippen molar-refractivity contribution in [2.24, 2.45) is 5.92 Å². The van der Waals surface area contributed by atoms with Crippen LogP contribution in [0, 0.1) is 5.92 Å². The first-order valence-electron chi connectivity index (χ1n) is 4.04. The van der Waals surface area contributed by atoms with Gasteiger partial charge in [0.15, 0.2) is 0 Å². The Balaban J connectivity index is 2.56. The summed E-state index contributed by atoms with van der Waals surface area (Å²) in [5.74, 6) is 0.324. The number of hydrogen-bond acceptors (Lipinski definition) is 2. The molecule has 0 aromatic carbocycles. The molecule has 0 aromatic rings. The quantitative estimate of drug-likeness (QED) is 0.448. The summed E-state index contributed by atoms with van der Waals surface area (Å²) in [5, 5.41) is 0. The van der Waals surface area contributed by atoms with Gasteiger partial charge >= 0.3 is 5.97 Å². The highest BCUT2D eigenvalue weighted by Gasteiger charge is 2.26. The molecule has 1 saturated carbocycles. The lowest BCUT2D eigenvalue weighted by Gasteiger charge is -2.26. The van der Waals surface area contributed by atoms with Gasteiger partial charge in [-0.3, -0.25) is 0 Å². The molecule has 0 radical (unpaired) electrons. The van der Waals surface area contributed by atoms with Crippen LogP contribution in [0.1, 0.15) is 26.2 Å². The molecule has 0 atom stereocenters. The zero-order valence-corrected chi connectivity index (χ0v) is 7.09. The average molecular weight is 154 g/mol. The van der Waals surface area contributed by atoms with Gasteiger partial charge in [-0.15, -0.1) is 0 Å². The van der Waals surface area contributed by atoms with Crippen LogP contribution < -0.4 is 0 Å². The smallest absolute Gasteiger partial charge is 0.333 e. The molecule has 0 N–H and O–H groups in total. The summed E-state index contributed by atoms with van der Waals surface area (Å²) in [6.07, 6.45) is 5.41. The van der Waals surface area contributed by atoms with E-state index in [0.717, 1.165) is 18.4 Å². The Morgan fingerprint density at radius 1 is 1.55 bits per heavy atom. The van der Waals surface area contributed by atoms with Gasteiger partial charge in [0.1, 0.15) is 0 Å². The van der Waals surface area contributed by atoms with Gasteiger partial charge in [-0.2, -0.15) is 0 Å². The maximum Gasteiger partial charge on any atom is 0.333 e. The summed E-state index contributed by atoms with van der Waals surface area (Å²) in [6, 6.07) is 0. The van der Waals surface area contributed by atoms with Gasteiger partial charge in [0.05, 0.1) is 7.11 Å². The third-order valence-corrected chi connectivity index (χ3v) is 2.28. The van der Waals surface area contributed by atoms with Crippen molar-refractivity contribution in [2.75, 3.05) is 7.11 Å². The first kappa shape index (κ1) is 8.31. The molecule has 0 heterocycles. The molecule has 0 saturated heterocycles. The molecule has 2 heteroatoms. The zero-order chi connectivity index (χ0) is 8.27. The van der Waals surface area contributed by atoms with Gasteiger partial charge in [0.25, 0.3) is 0 Å². The number of carbonyl (C=O) groups excluding carboxylic acids is 1. The first-order valence-corrected chi connectivity index (χ1v) is 4.04. The third-order valence-electron chi connectivity index (χ3n) is 2.28. The van der Waals surface area contributed by atoms with Crippen molar-refractivity contribution in [3.05, 3.63) is 11.6 Å². The van der Waals surface area contributed by atoms with Crippen LogP contribution in [0.25, 0.3) is 0 Å². The lowest BCUT2D eigenvalue weighted by Crippen LogP contribution is -2.20. The van der Waals surface area contributed by atoms with Crippen LogP contribution in [-0.4, -0.2) is 13.1 Å². The maximum absolute atomic E-state index is 11.1. The number of carbonyl (C=O) groups is 1. The molecule has 1 aliphatic carbocycles. The zero-order valence-electron chi connectivity index (χ0n) is 7.09. The van der Waals surface area contributed by atoms with Crippen molar-refractivity contribution in [1.29, 1.82) is 0 Å². The molecule has 11 heavy (non-hydrogen) atoms. The predicted molar refractivity (Wildman–Crippen MR) is 43.1 cm³/mol. The minimum absolute atomic E-state index is 0.155. The number of hydrogen-bond donors (Lipinski definition) is 0. The van der Waals surface area contributed by atoms with Crippen LogP contribution in [0.4, 0.5) is 0 Å². The van der Waals surface area contributed by atoms with Crippen LogP contribution in [0.3, 0.4) is 0 Å². The number of ether oxygens (including phenoxy) is 1. The Morgan fingerprint density at radius 2 is 2.18 bits per heavy atom. The van der Waals surface area contributed by atoms with Crippen LogP contribution >= 0.6 is 0 Å². The first-order chi connectivity index (χ1) is 5.29. The summed E-state index contributed by atoms with van der Waals surface area (Å²) in [4.78, 5) is 11.1. The van der Waals surface area contributed by atoms with Gasteiger partial charge in [-0.1, -0.05) is 12.5 Å². The Morgan fingerprint density at radius 3 is 2.45 bits per heavy atom. The fourth-order valence-electron chi connectivity index (χ4n) is 1.36. The van der Waals surface area contributed by atoms with Gasteiger partial charge in [-0.25, -0.2) is 4.79 Å². The lowest BCUT2D eigenvalue weighted by molar-refractivity contribution is -0.137. The molecule has 0 aromatic heterocycles. The van der Waals surface area contributed by atoms with E-state index in [4.69, 9.17) is 0 Å². The Kier molecular flexibility index (Phi) is 2.69. The van der Waals surface area contributed by atoms with Crippen molar-refractivity contribution >= 4 is 5.97 Å². The average Bonchev–Trinajstić information content (AvgIpc) is 1.94. The molecule has 0 spiro atoms. The van der Waals surface area contributed by atoms with Gasteiger partial charge < -0.3 is 4.74 Å². The number of allylic oxidation sites excluding steroid dienone is 1. The fraction of sp³-hybridized carbons (Fsp3) is 0.667. The molecule has 1 fully saturated rings. The van der Waals surface area contributed by atoms with Crippen molar-refractivity contribution < 1.29 is 9.53 Å². The maximum atomic E-state index is 11.1. The monoisotopic (exact) mass is 154 g/mol. The van der Waals surface area contributed by atoms with E-state index >= 15 is 0 Å². The standard InChI is InChI=1S/C9H14O2/c1-3-8(9(10)11-2)7-5-4-6-7/h3,7H,4-6H2,1-2H3. The molecule has 1 rings (SSSR count). The van der Waals surface area contributed by atoms with Crippen LogP contribution in [0.2, 0.25) is 0 Å². The molecular formula is C9H14O2. The van der Waals surface area contributed by atoms with E-state index in [2.05, 4.69) is 4.74 Å². The SMILES string of the molecule is CC=C(C(=O)OC)C1CCC1. The lowest BCUT2D eigenvalue weighted by atomic mass is 9.79. The second-order valence-corrected chi connectivity index (χ2v) is 2.86. The highest BCUT2D eigenvalue weighted by atomic mass is 16.5. The van der Waals surface area contributed by atoms with E-state index in [1.54, 1.807) is 0 Å². The third kappa shape index (κ3) is 1.62. The molecule has 2 nitrogen and oxygen atoms in total. The minimum atomic E-state index is -0.155. The van der Waals surface area contributed by atoms with E-state index in [0.29, 0.717) is 5.92 Å². The van der Waals surface area contributed by atoms with E-state index in [1.165, 1.54) is 13.5 Å². The molecule has 1 aliphatic rings. The molecule has 0 bridgehead atoms. The van der Waals surface area contributed by atoms with Gasteiger partial charge in [0.2, 0.25) is 0 Å². The van der Waals surface area contributed by atoms with Crippen LogP contribution in [-0.2, 0) is 9.53 Å². The summed E-state index contributed by atoms with van der Waals surface area (Å²) >= 11 is 0. The van der Waals surface area contributed by atoms with Crippen molar-refractivity contribution in [3.63, 3.8) is 0 Å². The Bertz CT molecular complexity index is 178. The highest BCUT2D eigenvalue weighted by Crippen LogP contribution is 2.33. The second-order valence-electron chi connectivity index (χ2n) is 2.86. The number of methoxy groups -OCH3 is 1. The highest BCUT2D eigenvalue weighted by molar-refractivity contribution is 5.88. The Labute approximate surface area is 67.2 Å². The molecule has 0 unspecified atom stereocenters. The van der Waals surface area contributed by atoms with Crippen LogP contribution in [0.15, 0.2) is 11.6 Å². The predicted octanol–water partition coefficient (Wildman–Crippen LogP) is 1.91. The van der Waals surface area contributed by atoms with Gasteiger partial charge in [-0.05, 0) is 25.7 Å². The van der Waals surface area contributed by atoms with E-state index in [9.17, 15) is 4.79 Å². The summed E-state index contributed by atoms with van der Waals surface area (Å²) in [7, 11) is 1.44. The molecule has 0 aliphatic heterocycles. The fourth-order valence-corrected chi connectivity index (χ4v) is 1.36. The topological polar surface area (TPSA) is 26.3 Å². The molecule has 62 valence electrons. The number of rotatable bonds is 2. The van der Waals surface area contributed by atoms with Crippen molar-refractivity contribution in [1.82, 2.24) is 0 Å². The van der Waals surface area contributed by atoms with E-state index < -0.39 is 0 Å². The largest absolute Gasteiger partial charge is 0.466 e.